The molecule has 0 aromatic heterocycles. The molecule has 26 heavy (non-hydrogen) atoms. The van der Waals surface area contributed by atoms with Gasteiger partial charge in [0.15, 0.2) is 0 Å². The van der Waals surface area contributed by atoms with Gasteiger partial charge < -0.3 is 4.90 Å². The highest BCUT2D eigenvalue weighted by Crippen LogP contribution is 2.33. The lowest BCUT2D eigenvalue weighted by molar-refractivity contribution is -0.138. The van der Waals surface area contributed by atoms with E-state index in [0.717, 1.165) is 30.9 Å². The summed E-state index contributed by atoms with van der Waals surface area (Å²) < 4.78 is 52.8. The molecule has 0 saturated carbocycles. The number of amides is 1. The summed E-state index contributed by atoms with van der Waals surface area (Å²) >= 11 is 0. The topological polar surface area (TPSA) is 20.3 Å². The van der Waals surface area contributed by atoms with E-state index in [1.54, 1.807) is 12.1 Å². The Hall–Kier alpha value is -2.37. The van der Waals surface area contributed by atoms with Crippen molar-refractivity contribution in [2.24, 2.45) is 0 Å². The second-order valence-electron chi connectivity index (χ2n) is 6.54. The van der Waals surface area contributed by atoms with Crippen LogP contribution >= 0.6 is 0 Å². The molecule has 0 N–H and O–H groups in total. The first-order valence-electron chi connectivity index (χ1n) is 8.57. The monoisotopic (exact) mass is 365 g/mol. The van der Waals surface area contributed by atoms with Crippen molar-refractivity contribution in [3.63, 3.8) is 0 Å². The number of hydrogen-bond acceptors (Lipinski definition) is 1. The van der Waals surface area contributed by atoms with Gasteiger partial charge in [-0.15, -0.1) is 0 Å². The van der Waals surface area contributed by atoms with Crippen LogP contribution in [0.2, 0.25) is 0 Å². The molecule has 1 aliphatic rings. The van der Waals surface area contributed by atoms with E-state index in [-0.39, 0.29) is 17.3 Å². The van der Waals surface area contributed by atoms with E-state index in [4.69, 9.17) is 0 Å². The lowest BCUT2D eigenvalue weighted by atomic mass is 9.94. The Labute approximate surface area is 149 Å². The first kappa shape index (κ1) is 18.4. The van der Waals surface area contributed by atoms with Gasteiger partial charge in [-0.05, 0) is 42.7 Å². The SMILES string of the molecule is O=C(c1ccccc1C(F)(F)F)N1CCCCC(c2ccc(F)cc2)C1. The molecule has 0 radical (unpaired) electrons. The van der Waals surface area contributed by atoms with E-state index in [2.05, 4.69) is 0 Å². The Morgan fingerprint density at radius 2 is 1.69 bits per heavy atom. The molecule has 6 heteroatoms. The van der Waals surface area contributed by atoms with E-state index in [1.807, 2.05) is 0 Å². The maximum Gasteiger partial charge on any atom is 0.417 e. The number of carbonyl (C=O) groups excluding carboxylic acids is 1. The van der Waals surface area contributed by atoms with E-state index in [9.17, 15) is 22.4 Å². The maximum absolute atomic E-state index is 13.2. The Morgan fingerprint density at radius 3 is 2.38 bits per heavy atom. The molecular formula is C20H19F4NO. The fraction of sp³-hybridized carbons (Fsp3) is 0.350. The zero-order valence-corrected chi connectivity index (χ0v) is 14.1. The molecule has 1 atom stereocenters. The van der Waals surface area contributed by atoms with Crippen molar-refractivity contribution in [2.45, 2.75) is 31.4 Å². The average molecular weight is 365 g/mol. The number of halogens is 4. The fourth-order valence-electron chi connectivity index (χ4n) is 3.42. The second-order valence-corrected chi connectivity index (χ2v) is 6.54. The molecule has 0 aliphatic carbocycles. The van der Waals surface area contributed by atoms with Crippen LogP contribution in [0.3, 0.4) is 0 Å². The highest BCUT2D eigenvalue weighted by atomic mass is 19.4. The van der Waals surface area contributed by atoms with Crippen molar-refractivity contribution >= 4 is 5.91 Å². The van der Waals surface area contributed by atoms with Crippen LogP contribution in [0.5, 0.6) is 0 Å². The van der Waals surface area contributed by atoms with Gasteiger partial charge in [-0.2, -0.15) is 13.2 Å². The number of rotatable bonds is 2. The lowest BCUT2D eigenvalue weighted by Crippen LogP contribution is -2.35. The Bertz CT molecular complexity index is 770. The van der Waals surface area contributed by atoms with Crippen LogP contribution < -0.4 is 0 Å². The van der Waals surface area contributed by atoms with E-state index < -0.39 is 17.6 Å². The van der Waals surface area contributed by atoms with Crippen molar-refractivity contribution in [2.75, 3.05) is 13.1 Å². The van der Waals surface area contributed by atoms with Crippen molar-refractivity contribution in [1.29, 1.82) is 0 Å². The van der Waals surface area contributed by atoms with Gasteiger partial charge in [0.05, 0.1) is 11.1 Å². The lowest BCUT2D eigenvalue weighted by Gasteiger charge is -2.26. The number of benzene rings is 2. The summed E-state index contributed by atoms with van der Waals surface area (Å²) in [6.45, 7) is 0.749. The predicted molar refractivity (Wildman–Crippen MR) is 90.3 cm³/mol. The number of nitrogens with zero attached hydrogens (tertiary/aromatic N) is 1. The summed E-state index contributed by atoms with van der Waals surface area (Å²) in [4.78, 5) is 14.3. The van der Waals surface area contributed by atoms with Gasteiger partial charge in [-0.1, -0.05) is 30.7 Å². The Balaban J connectivity index is 1.86. The molecule has 1 fully saturated rings. The molecule has 1 heterocycles. The van der Waals surface area contributed by atoms with Gasteiger partial charge in [-0.3, -0.25) is 4.79 Å². The number of hydrogen-bond donors (Lipinski definition) is 0. The van der Waals surface area contributed by atoms with Crippen LogP contribution in [0.1, 0.15) is 46.7 Å². The van der Waals surface area contributed by atoms with Crippen molar-refractivity contribution in [3.05, 3.63) is 71.0 Å². The number of likely N-dealkylation sites (tertiary alicyclic amines) is 1. The Kier molecular flexibility index (Phi) is 5.30. The van der Waals surface area contributed by atoms with Crippen LogP contribution in [0.25, 0.3) is 0 Å². The summed E-state index contributed by atoms with van der Waals surface area (Å²) in [6, 6.07) is 11.0. The molecule has 3 rings (SSSR count). The average Bonchev–Trinajstić information content (AvgIpc) is 2.87. The zero-order valence-electron chi connectivity index (χ0n) is 14.1. The standard InChI is InChI=1S/C20H19F4NO/c21-16-10-8-14(9-11-16)15-5-3-4-12-25(13-15)19(26)17-6-1-2-7-18(17)20(22,23)24/h1-2,6-11,15H,3-5,12-13H2. The van der Waals surface area contributed by atoms with Crippen molar-refractivity contribution in [1.82, 2.24) is 4.90 Å². The van der Waals surface area contributed by atoms with Crippen molar-refractivity contribution < 1.29 is 22.4 Å². The maximum atomic E-state index is 13.2. The summed E-state index contributed by atoms with van der Waals surface area (Å²) in [5, 5.41) is 0. The highest BCUT2D eigenvalue weighted by Gasteiger charge is 2.36. The minimum absolute atomic E-state index is 0.0138. The molecule has 2 aromatic carbocycles. The van der Waals surface area contributed by atoms with Gasteiger partial charge >= 0.3 is 6.18 Å². The smallest absolute Gasteiger partial charge is 0.338 e. The van der Waals surface area contributed by atoms with Gasteiger partial charge in [0.2, 0.25) is 0 Å². The van der Waals surface area contributed by atoms with Crippen LogP contribution in [-0.4, -0.2) is 23.9 Å². The summed E-state index contributed by atoms with van der Waals surface area (Å²) in [6.07, 6.45) is -2.16. The molecule has 1 unspecified atom stereocenters. The van der Waals surface area contributed by atoms with Gasteiger partial charge in [0.1, 0.15) is 5.82 Å². The molecule has 2 nitrogen and oxygen atoms in total. The third kappa shape index (κ3) is 4.06. The van der Waals surface area contributed by atoms with Crippen LogP contribution in [-0.2, 0) is 6.18 Å². The zero-order chi connectivity index (χ0) is 18.7. The fourth-order valence-corrected chi connectivity index (χ4v) is 3.42. The molecule has 0 spiro atoms. The highest BCUT2D eigenvalue weighted by molar-refractivity contribution is 5.96. The largest absolute Gasteiger partial charge is 0.417 e. The van der Waals surface area contributed by atoms with Gasteiger partial charge in [-0.25, -0.2) is 4.39 Å². The first-order chi connectivity index (χ1) is 12.4. The second kappa shape index (κ2) is 7.48. The molecule has 0 bridgehead atoms. The third-order valence-electron chi connectivity index (χ3n) is 4.76. The third-order valence-corrected chi connectivity index (χ3v) is 4.76. The summed E-state index contributed by atoms with van der Waals surface area (Å²) in [5.74, 6) is -0.957. The molecule has 2 aromatic rings. The predicted octanol–water partition coefficient (Wildman–Crippen LogP) is 5.25. The molecule has 138 valence electrons. The molecule has 1 amide bonds. The van der Waals surface area contributed by atoms with Gasteiger partial charge in [0, 0.05) is 19.0 Å². The molecular weight excluding hydrogens is 346 g/mol. The van der Waals surface area contributed by atoms with Crippen LogP contribution in [0.4, 0.5) is 17.6 Å². The minimum Gasteiger partial charge on any atom is -0.338 e. The molecule has 1 saturated heterocycles. The van der Waals surface area contributed by atoms with Crippen molar-refractivity contribution in [3.8, 4) is 0 Å². The Morgan fingerprint density at radius 1 is 1.00 bits per heavy atom. The molecule has 1 aliphatic heterocycles. The van der Waals surface area contributed by atoms with Crippen LogP contribution in [0.15, 0.2) is 48.5 Å². The van der Waals surface area contributed by atoms with E-state index in [0.29, 0.717) is 13.1 Å². The first-order valence-corrected chi connectivity index (χ1v) is 8.57. The summed E-state index contributed by atoms with van der Waals surface area (Å²) in [5.41, 5.74) is -0.331. The van der Waals surface area contributed by atoms with E-state index >= 15 is 0 Å². The summed E-state index contributed by atoms with van der Waals surface area (Å²) in [7, 11) is 0. The van der Waals surface area contributed by atoms with Gasteiger partial charge in [0.25, 0.3) is 5.91 Å². The normalized spacial score (nSPS) is 18.5. The van der Waals surface area contributed by atoms with E-state index in [1.165, 1.54) is 35.2 Å². The number of carbonyl (C=O) groups is 1. The van der Waals surface area contributed by atoms with Crippen LogP contribution in [0, 0.1) is 5.82 Å². The quantitative estimate of drug-likeness (QED) is 0.665. The minimum atomic E-state index is -4.57. The number of alkyl halides is 3.